The molecule has 1 aliphatic heterocycles. The number of aromatic nitrogens is 1. The Bertz CT molecular complexity index is 1090. The number of hydrogen-bond donors (Lipinski definition) is 1. The zero-order valence-electron chi connectivity index (χ0n) is 18.9. The molecule has 34 heavy (non-hydrogen) atoms. The summed E-state index contributed by atoms with van der Waals surface area (Å²) in [5.41, 5.74) is 3.50. The second-order valence-electron chi connectivity index (χ2n) is 8.30. The molecule has 0 atom stereocenters. The van der Waals surface area contributed by atoms with Gasteiger partial charge in [0.25, 0.3) is 0 Å². The summed E-state index contributed by atoms with van der Waals surface area (Å²) in [6.45, 7) is 5.09. The van der Waals surface area contributed by atoms with Crippen LogP contribution in [0.1, 0.15) is 12.8 Å². The number of nitrogens with zero attached hydrogens (tertiary/aromatic N) is 4. The van der Waals surface area contributed by atoms with Crippen molar-refractivity contribution in [3.8, 4) is 11.3 Å². The van der Waals surface area contributed by atoms with E-state index in [4.69, 9.17) is 23.2 Å². The lowest BCUT2D eigenvalue weighted by Crippen LogP contribution is -2.46. The molecule has 0 aliphatic carbocycles. The Balaban J connectivity index is 1.24. The predicted molar refractivity (Wildman–Crippen MR) is 139 cm³/mol. The van der Waals surface area contributed by atoms with E-state index in [-0.39, 0.29) is 0 Å². The Labute approximate surface area is 210 Å². The zero-order valence-corrected chi connectivity index (χ0v) is 20.4. The summed E-state index contributed by atoms with van der Waals surface area (Å²) in [6, 6.07) is 19.0. The predicted octanol–water partition coefficient (Wildman–Crippen LogP) is 6.14. The summed E-state index contributed by atoms with van der Waals surface area (Å²) in [5.74, 6) is 0. The number of pyridine rings is 1. The summed E-state index contributed by atoms with van der Waals surface area (Å²) in [4.78, 5) is 22.3. The van der Waals surface area contributed by atoms with Gasteiger partial charge in [0.2, 0.25) is 0 Å². The summed E-state index contributed by atoms with van der Waals surface area (Å²) in [6.07, 6.45) is 2.55. The van der Waals surface area contributed by atoms with Gasteiger partial charge in [-0.05, 0) is 55.8 Å². The van der Waals surface area contributed by atoms with E-state index in [1.807, 2.05) is 54.6 Å². The number of amides is 1. The summed E-state index contributed by atoms with van der Waals surface area (Å²) >= 11 is 12.5. The van der Waals surface area contributed by atoms with E-state index in [2.05, 4.69) is 14.8 Å². The highest BCUT2D eigenvalue weighted by Crippen LogP contribution is 2.33. The number of anilines is 2. The van der Waals surface area contributed by atoms with Crippen LogP contribution in [0.4, 0.5) is 16.2 Å². The fourth-order valence-electron chi connectivity index (χ4n) is 4.24. The second-order valence-corrected chi connectivity index (χ2v) is 9.09. The number of carbonyl (C=O) groups is 1. The number of halogens is 2. The molecule has 2 heterocycles. The monoisotopic (exact) mass is 498 g/mol. The molecule has 0 saturated carbocycles. The molecular formula is C26H28Cl2N4O2. The Morgan fingerprint density at radius 2 is 1.71 bits per heavy atom. The van der Waals surface area contributed by atoms with Crippen LogP contribution in [0.25, 0.3) is 11.3 Å². The molecule has 3 aromatic rings. The third-order valence-corrected chi connectivity index (χ3v) is 6.93. The lowest BCUT2D eigenvalue weighted by atomic mass is 10.1. The lowest BCUT2D eigenvalue weighted by Gasteiger charge is -2.36. The van der Waals surface area contributed by atoms with Crippen LogP contribution in [0.2, 0.25) is 10.0 Å². The van der Waals surface area contributed by atoms with E-state index >= 15 is 0 Å². The molecule has 178 valence electrons. The van der Waals surface area contributed by atoms with Gasteiger partial charge in [-0.2, -0.15) is 0 Å². The molecule has 6 nitrogen and oxygen atoms in total. The van der Waals surface area contributed by atoms with Gasteiger partial charge in [0, 0.05) is 50.2 Å². The normalized spacial score (nSPS) is 14.2. The Morgan fingerprint density at radius 1 is 0.941 bits per heavy atom. The third kappa shape index (κ3) is 6.00. The Morgan fingerprint density at radius 3 is 2.38 bits per heavy atom. The topological polar surface area (TPSA) is 59.9 Å². The maximum Gasteiger partial charge on any atom is 0.411 e. The molecule has 1 aromatic heterocycles. The van der Waals surface area contributed by atoms with Crippen LogP contribution in [0.3, 0.4) is 0 Å². The molecule has 1 N–H and O–H groups in total. The van der Waals surface area contributed by atoms with Crippen molar-refractivity contribution < 1.29 is 9.90 Å². The number of piperazine rings is 1. The quantitative estimate of drug-likeness (QED) is 0.377. The molecule has 1 aliphatic rings. The molecule has 0 bridgehead atoms. The van der Waals surface area contributed by atoms with Gasteiger partial charge in [-0.25, -0.2) is 4.79 Å². The van der Waals surface area contributed by atoms with Crippen LogP contribution in [0.15, 0.2) is 66.9 Å². The largest absolute Gasteiger partial charge is 0.465 e. The van der Waals surface area contributed by atoms with Crippen molar-refractivity contribution in [3.05, 3.63) is 76.9 Å². The van der Waals surface area contributed by atoms with Crippen LogP contribution < -0.4 is 9.80 Å². The molecule has 1 amide bonds. The van der Waals surface area contributed by atoms with E-state index in [9.17, 15) is 9.90 Å². The highest BCUT2D eigenvalue weighted by Gasteiger charge is 2.20. The highest BCUT2D eigenvalue weighted by atomic mass is 35.5. The number of hydrogen-bond acceptors (Lipinski definition) is 4. The van der Waals surface area contributed by atoms with Crippen molar-refractivity contribution >= 4 is 40.7 Å². The number of rotatable bonds is 8. The molecule has 8 heteroatoms. The molecule has 0 spiro atoms. The molecule has 0 unspecified atom stereocenters. The van der Waals surface area contributed by atoms with E-state index in [0.29, 0.717) is 22.3 Å². The van der Waals surface area contributed by atoms with Crippen LogP contribution in [0.5, 0.6) is 0 Å². The fraction of sp³-hybridized carbons (Fsp3) is 0.308. The fourth-order valence-corrected chi connectivity index (χ4v) is 4.65. The van der Waals surface area contributed by atoms with Crippen LogP contribution >= 0.6 is 23.2 Å². The molecule has 1 saturated heterocycles. The van der Waals surface area contributed by atoms with Gasteiger partial charge in [-0.15, -0.1) is 0 Å². The van der Waals surface area contributed by atoms with Gasteiger partial charge in [0.15, 0.2) is 0 Å². The maximum atomic E-state index is 11.9. The molecule has 1 fully saturated rings. The second kappa shape index (κ2) is 11.6. The van der Waals surface area contributed by atoms with E-state index in [1.54, 1.807) is 12.3 Å². The number of carboxylic acid groups (broad SMARTS) is 1. The summed E-state index contributed by atoms with van der Waals surface area (Å²) in [7, 11) is 0. The van der Waals surface area contributed by atoms with Crippen LogP contribution in [-0.2, 0) is 0 Å². The molecule has 0 radical (unpaired) electrons. The minimum atomic E-state index is -0.933. The maximum absolute atomic E-state index is 11.9. The van der Waals surface area contributed by atoms with Crippen molar-refractivity contribution in [3.63, 3.8) is 0 Å². The summed E-state index contributed by atoms with van der Waals surface area (Å²) in [5, 5.41) is 10.9. The molecule has 4 rings (SSSR count). The standard InChI is InChI=1S/C26H28Cl2N4O2/c27-22-6-5-8-24(25(22)28)31-18-16-30(17-19-31)14-3-4-15-32(26(33)34)21-11-9-20(10-12-21)23-7-1-2-13-29-23/h1-2,5-13H,3-4,14-19H2,(H,33,34). The first kappa shape index (κ1) is 24.3. The van der Waals surface area contributed by atoms with Gasteiger partial charge in [0.1, 0.15) is 0 Å². The first-order chi connectivity index (χ1) is 16.5. The van der Waals surface area contributed by atoms with Crippen molar-refractivity contribution in [2.45, 2.75) is 12.8 Å². The van der Waals surface area contributed by atoms with Crippen molar-refractivity contribution in [1.29, 1.82) is 0 Å². The van der Waals surface area contributed by atoms with Gasteiger partial charge in [-0.1, -0.05) is 47.5 Å². The van der Waals surface area contributed by atoms with E-state index in [0.717, 1.165) is 62.5 Å². The van der Waals surface area contributed by atoms with Gasteiger partial charge in [0.05, 0.1) is 21.4 Å². The minimum absolute atomic E-state index is 0.469. The third-order valence-electron chi connectivity index (χ3n) is 6.12. The first-order valence-corrected chi connectivity index (χ1v) is 12.2. The van der Waals surface area contributed by atoms with Gasteiger partial charge < -0.3 is 10.0 Å². The van der Waals surface area contributed by atoms with Crippen molar-refractivity contribution in [2.24, 2.45) is 0 Å². The Hall–Kier alpha value is -2.80. The van der Waals surface area contributed by atoms with Gasteiger partial charge in [-0.3, -0.25) is 14.8 Å². The minimum Gasteiger partial charge on any atom is -0.465 e. The van der Waals surface area contributed by atoms with Crippen molar-refractivity contribution in [1.82, 2.24) is 9.88 Å². The average Bonchev–Trinajstić information content (AvgIpc) is 2.87. The molecule has 2 aromatic carbocycles. The zero-order chi connectivity index (χ0) is 23.9. The SMILES string of the molecule is O=C(O)N(CCCCN1CCN(c2cccc(Cl)c2Cl)CC1)c1ccc(-c2ccccn2)cc1. The van der Waals surface area contributed by atoms with Crippen LogP contribution in [0, 0.1) is 0 Å². The van der Waals surface area contributed by atoms with Gasteiger partial charge >= 0.3 is 6.09 Å². The number of unbranched alkanes of at least 4 members (excludes halogenated alkanes) is 1. The summed E-state index contributed by atoms with van der Waals surface area (Å²) < 4.78 is 0. The highest BCUT2D eigenvalue weighted by molar-refractivity contribution is 6.43. The van der Waals surface area contributed by atoms with Crippen LogP contribution in [-0.4, -0.2) is 60.4 Å². The van der Waals surface area contributed by atoms with E-state index in [1.165, 1.54) is 4.90 Å². The Kier molecular flexibility index (Phi) is 8.27. The van der Waals surface area contributed by atoms with E-state index < -0.39 is 6.09 Å². The number of benzene rings is 2. The first-order valence-electron chi connectivity index (χ1n) is 11.5. The smallest absolute Gasteiger partial charge is 0.411 e. The lowest BCUT2D eigenvalue weighted by molar-refractivity contribution is 0.201. The van der Waals surface area contributed by atoms with Crippen molar-refractivity contribution in [2.75, 3.05) is 49.1 Å². The molecular weight excluding hydrogens is 471 g/mol. The average molecular weight is 499 g/mol.